The molecule has 0 fully saturated rings. The summed E-state index contributed by atoms with van der Waals surface area (Å²) < 4.78 is 6.85. The molecule has 6 nitrogen and oxygen atoms in total. The van der Waals surface area contributed by atoms with Gasteiger partial charge in [-0.05, 0) is 12.5 Å². The summed E-state index contributed by atoms with van der Waals surface area (Å²) in [5, 5.41) is 7.15. The summed E-state index contributed by atoms with van der Waals surface area (Å²) in [5.74, 6) is 0. The predicted octanol–water partition coefficient (Wildman–Crippen LogP) is 2.85. The Morgan fingerprint density at radius 1 is 1.40 bits per heavy atom. The van der Waals surface area contributed by atoms with E-state index in [0.29, 0.717) is 19.7 Å². The normalized spacial score (nSPS) is 12.3. The first-order valence-electron chi connectivity index (χ1n) is 8.34. The van der Waals surface area contributed by atoms with Gasteiger partial charge in [0.2, 0.25) is 0 Å². The number of benzene rings is 1. The fraction of sp³-hybridized carbons (Fsp3) is 0.368. The third kappa shape index (κ3) is 6.08. The second-order valence-corrected chi connectivity index (χ2v) is 5.87. The van der Waals surface area contributed by atoms with Gasteiger partial charge >= 0.3 is 6.03 Å². The number of hydrogen-bond donors (Lipinski definition) is 1. The molecule has 1 aromatic carbocycles. The largest absolute Gasteiger partial charge is 0.383 e. The molecule has 1 aromatic heterocycles. The Morgan fingerprint density at radius 2 is 2.16 bits per heavy atom. The minimum Gasteiger partial charge on any atom is -0.383 e. The van der Waals surface area contributed by atoms with Crippen LogP contribution in [0.15, 0.2) is 48.8 Å². The lowest BCUT2D eigenvalue weighted by Gasteiger charge is -2.23. The molecule has 0 aliphatic heterocycles. The maximum absolute atomic E-state index is 12.6. The molecule has 1 N–H and O–H groups in total. The van der Waals surface area contributed by atoms with Gasteiger partial charge in [0.05, 0.1) is 18.8 Å². The van der Waals surface area contributed by atoms with Crippen LogP contribution in [0.5, 0.6) is 0 Å². The number of ether oxygens (including phenoxy) is 1. The number of amides is 2. The van der Waals surface area contributed by atoms with Crippen LogP contribution in [-0.2, 0) is 11.8 Å². The van der Waals surface area contributed by atoms with Crippen molar-refractivity contribution in [2.75, 3.05) is 26.8 Å². The Kier molecular flexibility index (Phi) is 7.22. The van der Waals surface area contributed by atoms with Crippen LogP contribution >= 0.6 is 0 Å². The first-order valence-corrected chi connectivity index (χ1v) is 8.34. The highest BCUT2D eigenvalue weighted by atomic mass is 16.5. The highest BCUT2D eigenvalue weighted by Crippen LogP contribution is 2.11. The number of nitrogens with zero attached hydrogens (tertiary/aromatic N) is 3. The number of aromatic nitrogens is 2. The molecule has 134 valence electrons. The van der Waals surface area contributed by atoms with Gasteiger partial charge in [-0.25, -0.2) is 4.79 Å². The zero-order chi connectivity index (χ0) is 18.1. The van der Waals surface area contributed by atoms with Gasteiger partial charge in [0, 0.05) is 39.0 Å². The van der Waals surface area contributed by atoms with E-state index in [1.54, 1.807) is 22.9 Å². The monoisotopic (exact) mass is 342 g/mol. The van der Waals surface area contributed by atoms with Crippen LogP contribution in [0.1, 0.15) is 24.1 Å². The third-order valence-corrected chi connectivity index (χ3v) is 3.85. The minimum atomic E-state index is -0.119. The number of rotatable bonds is 8. The van der Waals surface area contributed by atoms with E-state index in [0.717, 1.165) is 11.1 Å². The fourth-order valence-electron chi connectivity index (χ4n) is 2.38. The molecule has 1 unspecified atom stereocenters. The van der Waals surface area contributed by atoms with E-state index in [-0.39, 0.29) is 12.1 Å². The number of methoxy groups -OCH3 is 1. The molecule has 0 bridgehead atoms. The Morgan fingerprint density at radius 3 is 2.80 bits per heavy atom. The van der Waals surface area contributed by atoms with Gasteiger partial charge in [-0.15, -0.1) is 0 Å². The third-order valence-electron chi connectivity index (χ3n) is 3.85. The highest BCUT2D eigenvalue weighted by molar-refractivity contribution is 5.75. The Bertz CT molecular complexity index is 682. The zero-order valence-corrected chi connectivity index (χ0v) is 15.1. The molecule has 2 rings (SSSR count). The zero-order valence-electron chi connectivity index (χ0n) is 15.1. The number of carbonyl (C=O) groups is 1. The SMILES string of the molecule is COCCN(C/C=C/c1ccccc1)C(=O)NC(C)c1cnn(C)c1. The van der Waals surface area contributed by atoms with Crippen molar-refractivity contribution in [3.8, 4) is 0 Å². The smallest absolute Gasteiger partial charge is 0.318 e. The molecule has 25 heavy (non-hydrogen) atoms. The Hall–Kier alpha value is -2.60. The number of aryl methyl sites for hydroxylation is 1. The van der Waals surface area contributed by atoms with Gasteiger partial charge in [-0.3, -0.25) is 4.68 Å². The van der Waals surface area contributed by atoms with Crippen LogP contribution in [0.3, 0.4) is 0 Å². The van der Waals surface area contributed by atoms with Gasteiger partial charge in [0.25, 0.3) is 0 Å². The summed E-state index contributed by atoms with van der Waals surface area (Å²) in [4.78, 5) is 14.3. The standard InChI is InChI=1S/C19H26N4O2/c1-16(18-14-20-22(2)15-18)21-19(24)23(12-13-25-3)11-7-10-17-8-5-4-6-9-17/h4-10,14-16H,11-13H2,1-3H3,(H,21,24)/b10-7+. The van der Waals surface area contributed by atoms with Crippen molar-refractivity contribution < 1.29 is 9.53 Å². The van der Waals surface area contributed by atoms with E-state index < -0.39 is 0 Å². The van der Waals surface area contributed by atoms with Crippen molar-refractivity contribution in [3.05, 3.63) is 59.9 Å². The topological polar surface area (TPSA) is 59.4 Å². The summed E-state index contributed by atoms with van der Waals surface area (Å²) >= 11 is 0. The van der Waals surface area contributed by atoms with Crippen LogP contribution < -0.4 is 5.32 Å². The predicted molar refractivity (Wildman–Crippen MR) is 99.1 cm³/mol. The fourth-order valence-corrected chi connectivity index (χ4v) is 2.38. The van der Waals surface area contributed by atoms with Crippen LogP contribution in [-0.4, -0.2) is 47.5 Å². The molecule has 2 amide bonds. The Labute approximate surface area is 149 Å². The molecule has 6 heteroatoms. The van der Waals surface area contributed by atoms with Crippen LogP contribution in [0.2, 0.25) is 0 Å². The van der Waals surface area contributed by atoms with Crippen LogP contribution in [0.25, 0.3) is 6.08 Å². The summed E-state index contributed by atoms with van der Waals surface area (Å²) in [6.45, 7) is 3.49. The summed E-state index contributed by atoms with van der Waals surface area (Å²) in [6.07, 6.45) is 7.66. The molecule has 0 aliphatic rings. The van der Waals surface area contributed by atoms with Crippen LogP contribution in [0, 0.1) is 0 Å². The van der Waals surface area contributed by atoms with Crippen LogP contribution in [0.4, 0.5) is 4.79 Å². The molecule has 0 spiro atoms. The minimum absolute atomic E-state index is 0.107. The average Bonchev–Trinajstić information content (AvgIpc) is 3.05. The lowest BCUT2D eigenvalue weighted by atomic mass is 10.2. The van der Waals surface area contributed by atoms with Gasteiger partial charge in [0.15, 0.2) is 0 Å². The molecule has 2 aromatic rings. The molecule has 0 saturated carbocycles. The first kappa shape index (κ1) is 18.7. The molecular formula is C19H26N4O2. The molecule has 0 saturated heterocycles. The molecular weight excluding hydrogens is 316 g/mol. The lowest BCUT2D eigenvalue weighted by molar-refractivity contribution is 0.153. The first-order chi connectivity index (χ1) is 12.1. The maximum Gasteiger partial charge on any atom is 0.318 e. The summed E-state index contributed by atoms with van der Waals surface area (Å²) in [6, 6.07) is 9.79. The second-order valence-electron chi connectivity index (χ2n) is 5.87. The number of urea groups is 1. The number of nitrogens with one attached hydrogen (secondary N) is 1. The molecule has 1 heterocycles. The van der Waals surface area contributed by atoms with Gasteiger partial charge in [-0.1, -0.05) is 42.5 Å². The summed E-state index contributed by atoms with van der Waals surface area (Å²) in [7, 11) is 3.49. The molecule has 0 aliphatic carbocycles. The summed E-state index contributed by atoms with van der Waals surface area (Å²) in [5.41, 5.74) is 2.08. The molecule has 0 radical (unpaired) electrons. The van der Waals surface area contributed by atoms with Gasteiger partial charge in [-0.2, -0.15) is 5.10 Å². The van der Waals surface area contributed by atoms with E-state index in [4.69, 9.17) is 4.74 Å². The van der Waals surface area contributed by atoms with Crippen molar-refractivity contribution in [2.24, 2.45) is 7.05 Å². The van der Waals surface area contributed by atoms with E-state index in [9.17, 15) is 4.79 Å². The maximum atomic E-state index is 12.6. The van der Waals surface area contributed by atoms with Crippen molar-refractivity contribution in [1.82, 2.24) is 20.0 Å². The van der Waals surface area contributed by atoms with Crippen molar-refractivity contribution in [3.63, 3.8) is 0 Å². The van der Waals surface area contributed by atoms with E-state index >= 15 is 0 Å². The average molecular weight is 342 g/mol. The van der Waals surface area contributed by atoms with Crippen molar-refractivity contribution in [2.45, 2.75) is 13.0 Å². The van der Waals surface area contributed by atoms with Gasteiger partial charge < -0.3 is 15.0 Å². The van der Waals surface area contributed by atoms with Crippen molar-refractivity contribution in [1.29, 1.82) is 0 Å². The van der Waals surface area contributed by atoms with E-state index in [2.05, 4.69) is 10.4 Å². The second kappa shape index (κ2) is 9.64. The number of hydrogen-bond acceptors (Lipinski definition) is 3. The van der Waals surface area contributed by atoms with Crippen molar-refractivity contribution >= 4 is 12.1 Å². The highest BCUT2D eigenvalue weighted by Gasteiger charge is 2.16. The van der Waals surface area contributed by atoms with E-state index in [1.165, 1.54) is 0 Å². The van der Waals surface area contributed by atoms with E-state index in [1.807, 2.05) is 62.7 Å². The lowest BCUT2D eigenvalue weighted by Crippen LogP contribution is -2.42. The molecule has 1 atom stereocenters. The Balaban J connectivity index is 1.95. The quantitative estimate of drug-likeness (QED) is 0.802. The number of carbonyl (C=O) groups excluding carboxylic acids is 1. The van der Waals surface area contributed by atoms with Gasteiger partial charge in [0.1, 0.15) is 0 Å².